The zero-order valence-corrected chi connectivity index (χ0v) is 11.9. The number of halogens is 3. The van der Waals surface area contributed by atoms with Crippen molar-refractivity contribution >= 4 is 31.9 Å². The van der Waals surface area contributed by atoms with Gasteiger partial charge in [0.15, 0.2) is 0 Å². The Kier molecular flexibility index (Phi) is 3.17. The minimum Gasteiger partial charge on any atom is -0.271 e. The van der Waals surface area contributed by atoms with Crippen molar-refractivity contribution in [2.24, 2.45) is 7.05 Å². The summed E-state index contributed by atoms with van der Waals surface area (Å²) in [5.74, 6) is -0.285. The summed E-state index contributed by atoms with van der Waals surface area (Å²) in [5, 5.41) is 4.34. The van der Waals surface area contributed by atoms with Crippen LogP contribution in [0.4, 0.5) is 4.39 Å². The van der Waals surface area contributed by atoms with Crippen LogP contribution in [0.5, 0.6) is 0 Å². The summed E-state index contributed by atoms with van der Waals surface area (Å²) < 4.78 is 16.5. The molecule has 0 fully saturated rings. The molecular formula is C11H9Br2FN2. The minimum absolute atomic E-state index is 0.285. The Morgan fingerprint density at radius 3 is 2.50 bits per heavy atom. The number of hydrogen-bond donors (Lipinski definition) is 0. The highest BCUT2D eigenvalue weighted by molar-refractivity contribution is 9.10. The number of aryl methyl sites for hydroxylation is 1. The predicted molar refractivity (Wildman–Crippen MR) is 68.7 cm³/mol. The Balaban J connectivity index is 2.59. The first kappa shape index (κ1) is 11.8. The van der Waals surface area contributed by atoms with E-state index in [0.717, 1.165) is 21.4 Å². The summed E-state index contributed by atoms with van der Waals surface area (Å²) in [5.41, 5.74) is 2.53. The second kappa shape index (κ2) is 4.30. The van der Waals surface area contributed by atoms with E-state index in [4.69, 9.17) is 0 Å². The van der Waals surface area contributed by atoms with Crippen LogP contribution in [0, 0.1) is 12.7 Å². The normalized spacial score (nSPS) is 10.8. The van der Waals surface area contributed by atoms with Crippen LogP contribution in [0.25, 0.3) is 11.3 Å². The van der Waals surface area contributed by atoms with Crippen LogP contribution in [-0.2, 0) is 7.05 Å². The molecule has 0 bridgehead atoms. The van der Waals surface area contributed by atoms with E-state index in [1.165, 1.54) is 6.07 Å². The quantitative estimate of drug-likeness (QED) is 0.760. The van der Waals surface area contributed by atoms with Crippen LogP contribution in [0.15, 0.2) is 27.1 Å². The summed E-state index contributed by atoms with van der Waals surface area (Å²) in [6.07, 6.45) is 0. The lowest BCUT2D eigenvalue weighted by atomic mass is 10.1. The molecule has 0 spiro atoms. The summed E-state index contributed by atoms with van der Waals surface area (Å²) in [6, 6.07) is 4.98. The highest BCUT2D eigenvalue weighted by Gasteiger charge is 2.13. The van der Waals surface area contributed by atoms with Crippen LogP contribution in [0.1, 0.15) is 5.69 Å². The Labute approximate surface area is 110 Å². The van der Waals surface area contributed by atoms with Crippen molar-refractivity contribution in [3.05, 3.63) is 38.7 Å². The minimum atomic E-state index is -0.285. The molecular weight excluding hydrogens is 339 g/mol. The summed E-state index contributed by atoms with van der Waals surface area (Å²) >= 11 is 6.59. The number of aromatic nitrogens is 2. The van der Waals surface area contributed by atoms with E-state index < -0.39 is 0 Å². The molecule has 1 aromatic carbocycles. The van der Waals surface area contributed by atoms with E-state index in [1.54, 1.807) is 10.7 Å². The van der Waals surface area contributed by atoms with E-state index in [-0.39, 0.29) is 5.82 Å². The molecule has 0 amide bonds. The van der Waals surface area contributed by atoms with Crippen molar-refractivity contribution in [3.8, 4) is 11.3 Å². The van der Waals surface area contributed by atoms with E-state index >= 15 is 0 Å². The average molecular weight is 348 g/mol. The maximum Gasteiger partial charge on any atom is 0.138 e. The first-order valence-electron chi connectivity index (χ1n) is 4.65. The van der Waals surface area contributed by atoms with Gasteiger partial charge in [0, 0.05) is 18.3 Å². The molecule has 2 rings (SSSR count). The van der Waals surface area contributed by atoms with Gasteiger partial charge in [-0.15, -0.1) is 0 Å². The van der Waals surface area contributed by atoms with Crippen LogP contribution >= 0.6 is 31.9 Å². The topological polar surface area (TPSA) is 17.8 Å². The fourth-order valence-electron chi connectivity index (χ4n) is 1.41. The third-order valence-electron chi connectivity index (χ3n) is 2.45. The maximum absolute atomic E-state index is 13.4. The van der Waals surface area contributed by atoms with E-state index in [9.17, 15) is 4.39 Å². The number of hydrogen-bond acceptors (Lipinski definition) is 1. The third kappa shape index (κ3) is 1.94. The SMILES string of the molecule is Cc1c(Br)c(-c2ccc(Br)c(F)c2)nn1C. The smallest absolute Gasteiger partial charge is 0.138 e. The number of nitrogens with zero attached hydrogens (tertiary/aromatic N) is 2. The van der Waals surface area contributed by atoms with Crippen LogP contribution in [0.3, 0.4) is 0 Å². The standard InChI is InChI=1S/C11H9Br2FN2/c1-6-10(13)11(15-16(6)2)7-3-4-8(12)9(14)5-7/h3-5H,1-2H3. The molecule has 0 radical (unpaired) electrons. The molecule has 84 valence electrons. The van der Waals surface area contributed by atoms with Gasteiger partial charge in [-0.05, 0) is 50.9 Å². The fraction of sp³-hybridized carbons (Fsp3) is 0.182. The predicted octanol–water partition coefficient (Wildman–Crippen LogP) is 4.06. The molecule has 5 heteroatoms. The lowest BCUT2D eigenvalue weighted by Crippen LogP contribution is -1.92. The third-order valence-corrected chi connectivity index (χ3v) is 4.05. The highest BCUT2D eigenvalue weighted by Crippen LogP contribution is 2.31. The number of rotatable bonds is 1. The van der Waals surface area contributed by atoms with Crippen LogP contribution < -0.4 is 0 Å². The summed E-state index contributed by atoms with van der Waals surface area (Å²) in [7, 11) is 1.86. The molecule has 0 unspecified atom stereocenters. The first-order valence-corrected chi connectivity index (χ1v) is 6.24. The average Bonchev–Trinajstić information content (AvgIpc) is 2.50. The van der Waals surface area contributed by atoms with Gasteiger partial charge in [-0.1, -0.05) is 6.07 Å². The molecule has 0 aliphatic heterocycles. The van der Waals surface area contributed by atoms with Gasteiger partial charge in [0.2, 0.25) is 0 Å². The van der Waals surface area contributed by atoms with E-state index in [2.05, 4.69) is 37.0 Å². The maximum atomic E-state index is 13.4. The van der Waals surface area contributed by atoms with Gasteiger partial charge in [0.25, 0.3) is 0 Å². The largest absolute Gasteiger partial charge is 0.271 e. The molecule has 2 aromatic rings. The molecule has 2 nitrogen and oxygen atoms in total. The van der Waals surface area contributed by atoms with Crippen molar-refractivity contribution < 1.29 is 4.39 Å². The Bertz CT molecular complexity index is 549. The lowest BCUT2D eigenvalue weighted by Gasteiger charge is -1.99. The zero-order valence-electron chi connectivity index (χ0n) is 8.76. The van der Waals surface area contributed by atoms with Crippen molar-refractivity contribution in [1.29, 1.82) is 0 Å². The second-order valence-corrected chi connectivity index (χ2v) is 5.15. The van der Waals surface area contributed by atoms with Gasteiger partial charge in [-0.25, -0.2) is 4.39 Å². The van der Waals surface area contributed by atoms with Gasteiger partial charge < -0.3 is 0 Å². The van der Waals surface area contributed by atoms with Crippen LogP contribution in [0.2, 0.25) is 0 Å². The lowest BCUT2D eigenvalue weighted by molar-refractivity contribution is 0.621. The Hall–Kier alpha value is -0.680. The first-order chi connectivity index (χ1) is 7.50. The van der Waals surface area contributed by atoms with Gasteiger partial charge >= 0.3 is 0 Å². The molecule has 0 atom stereocenters. The monoisotopic (exact) mass is 346 g/mol. The van der Waals surface area contributed by atoms with Crippen molar-refractivity contribution in [2.45, 2.75) is 6.92 Å². The van der Waals surface area contributed by atoms with Crippen molar-refractivity contribution in [2.75, 3.05) is 0 Å². The van der Waals surface area contributed by atoms with E-state index in [0.29, 0.717) is 4.47 Å². The molecule has 0 aliphatic carbocycles. The van der Waals surface area contributed by atoms with Gasteiger partial charge in [-0.3, -0.25) is 4.68 Å². The van der Waals surface area contributed by atoms with Gasteiger partial charge in [0.1, 0.15) is 11.5 Å². The molecule has 1 heterocycles. The van der Waals surface area contributed by atoms with Gasteiger partial charge in [0.05, 0.1) is 8.95 Å². The zero-order chi connectivity index (χ0) is 11.9. The fourth-order valence-corrected chi connectivity index (χ4v) is 2.22. The van der Waals surface area contributed by atoms with Gasteiger partial charge in [-0.2, -0.15) is 5.10 Å². The highest BCUT2D eigenvalue weighted by atomic mass is 79.9. The van der Waals surface area contributed by atoms with Crippen LogP contribution in [-0.4, -0.2) is 9.78 Å². The summed E-state index contributed by atoms with van der Waals surface area (Å²) in [6.45, 7) is 1.95. The Morgan fingerprint density at radius 1 is 1.31 bits per heavy atom. The number of benzene rings is 1. The summed E-state index contributed by atoms with van der Waals surface area (Å²) in [4.78, 5) is 0. The Morgan fingerprint density at radius 2 is 2.00 bits per heavy atom. The van der Waals surface area contributed by atoms with E-state index in [1.807, 2.05) is 20.0 Å². The van der Waals surface area contributed by atoms with Crippen molar-refractivity contribution in [1.82, 2.24) is 9.78 Å². The second-order valence-electron chi connectivity index (χ2n) is 3.50. The molecule has 0 N–H and O–H groups in total. The molecule has 0 saturated heterocycles. The molecule has 16 heavy (non-hydrogen) atoms. The molecule has 0 aliphatic rings. The molecule has 0 saturated carbocycles. The van der Waals surface area contributed by atoms with Crippen molar-refractivity contribution in [3.63, 3.8) is 0 Å². The molecule has 1 aromatic heterocycles.